The molecule has 0 atom stereocenters. The van der Waals surface area contributed by atoms with Gasteiger partial charge in [-0.3, -0.25) is 4.79 Å². The third-order valence-corrected chi connectivity index (χ3v) is 3.77. The maximum atomic E-state index is 12.3. The lowest BCUT2D eigenvalue weighted by atomic mass is 10.00. The van der Waals surface area contributed by atoms with E-state index in [4.69, 9.17) is 0 Å². The lowest BCUT2D eigenvalue weighted by molar-refractivity contribution is 0.103. The zero-order chi connectivity index (χ0) is 15.0. The molecular formula is C14H11BrO5. The zero-order valence-corrected chi connectivity index (χ0v) is 12.0. The van der Waals surface area contributed by atoms with Crippen LogP contribution in [0.2, 0.25) is 0 Å². The molecule has 0 aliphatic rings. The van der Waals surface area contributed by atoms with Crippen molar-refractivity contribution in [3.8, 4) is 23.0 Å². The molecule has 0 saturated carbocycles. The maximum Gasteiger partial charge on any atom is 0.197 e. The number of hydrogen-bond donors (Lipinski definition) is 4. The number of rotatable bonds is 2. The highest BCUT2D eigenvalue weighted by Crippen LogP contribution is 2.38. The molecule has 104 valence electrons. The van der Waals surface area contributed by atoms with E-state index in [-0.39, 0.29) is 22.6 Å². The van der Waals surface area contributed by atoms with Crippen LogP contribution in [0.3, 0.4) is 0 Å². The predicted molar refractivity (Wildman–Crippen MR) is 75.4 cm³/mol. The van der Waals surface area contributed by atoms with Gasteiger partial charge in [-0.15, -0.1) is 0 Å². The lowest BCUT2D eigenvalue weighted by Crippen LogP contribution is -2.02. The van der Waals surface area contributed by atoms with Crippen molar-refractivity contribution in [3.63, 3.8) is 0 Å². The number of phenolic OH excluding ortho intramolecular Hbond substituents is 4. The molecule has 0 aliphatic heterocycles. The number of ketones is 1. The number of halogens is 1. The van der Waals surface area contributed by atoms with Gasteiger partial charge in [-0.1, -0.05) is 15.9 Å². The number of phenols is 4. The van der Waals surface area contributed by atoms with Crippen molar-refractivity contribution < 1.29 is 25.2 Å². The lowest BCUT2D eigenvalue weighted by Gasteiger charge is -2.10. The highest BCUT2D eigenvalue weighted by Gasteiger charge is 2.20. The second kappa shape index (κ2) is 5.05. The van der Waals surface area contributed by atoms with E-state index in [1.165, 1.54) is 18.2 Å². The number of benzene rings is 2. The molecule has 0 bridgehead atoms. The van der Waals surface area contributed by atoms with Gasteiger partial charge >= 0.3 is 0 Å². The first-order valence-electron chi connectivity index (χ1n) is 5.60. The number of aromatic hydroxyl groups is 4. The van der Waals surface area contributed by atoms with Gasteiger partial charge in [-0.25, -0.2) is 0 Å². The molecule has 0 aromatic heterocycles. The van der Waals surface area contributed by atoms with Crippen molar-refractivity contribution in [2.75, 3.05) is 0 Å². The Morgan fingerprint density at radius 1 is 1.00 bits per heavy atom. The van der Waals surface area contributed by atoms with E-state index in [1.54, 1.807) is 6.92 Å². The summed E-state index contributed by atoms with van der Waals surface area (Å²) in [6, 6.07) is 4.95. The van der Waals surface area contributed by atoms with Crippen LogP contribution in [-0.4, -0.2) is 26.2 Å². The Morgan fingerprint density at radius 2 is 1.65 bits per heavy atom. The fraction of sp³-hybridized carbons (Fsp3) is 0.0714. The molecule has 0 fully saturated rings. The molecule has 0 radical (unpaired) electrons. The van der Waals surface area contributed by atoms with Crippen LogP contribution in [0.4, 0.5) is 0 Å². The average molecular weight is 339 g/mol. The second-order valence-corrected chi connectivity index (χ2v) is 5.12. The zero-order valence-electron chi connectivity index (χ0n) is 10.4. The Balaban J connectivity index is 2.56. The molecule has 4 N–H and O–H groups in total. The molecule has 2 rings (SSSR count). The molecule has 20 heavy (non-hydrogen) atoms. The average Bonchev–Trinajstić information content (AvgIpc) is 2.43. The summed E-state index contributed by atoms with van der Waals surface area (Å²) in [5.41, 5.74) is 0.378. The minimum Gasteiger partial charge on any atom is -0.504 e. The molecule has 0 amide bonds. The number of hydrogen-bond acceptors (Lipinski definition) is 5. The van der Waals surface area contributed by atoms with E-state index < -0.39 is 17.3 Å². The Morgan fingerprint density at radius 3 is 2.25 bits per heavy atom. The normalized spacial score (nSPS) is 10.5. The van der Waals surface area contributed by atoms with Gasteiger partial charge < -0.3 is 20.4 Å². The maximum absolute atomic E-state index is 12.3. The van der Waals surface area contributed by atoms with E-state index in [1.807, 2.05) is 0 Å². The van der Waals surface area contributed by atoms with Crippen LogP contribution in [0.25, 0.3) is 0 Å². The number of carbonyl (C=O) groups excluding carboxylic acids is 1. The van der Waals surface area contributed by atoms with Gasteiger partial charge in [0.05, 0.1) is 5.56 Å². The molecule has 0 saturated heterocycles. The molecule has 6 heteroatoms. The Labute approximate surface area is 122 Å². The first-order chi connectivity index (χ1) is 9.32. The quantitative estimate of drug-likeness (QED) is 0.498. The van der Waals surface area contributed by atoms with Gasteiger partial charge in [-0.2, -0.15) is 0 Å². The molecular weight excluding hydrogens is 328 g/mol. The second-order valence-electron chi connectivity index (χ2n) is 4.26. The third kappa shape index (κ3) is 2.30. The monoisotopic (exact) mass is 338 g/mol. The summed E-state index contributed by atoms with van der Waals surface area (Å²) < 4.78 is 0.471. The molecule has 5 nitrogen and oxygen atoms in total. The van der Waals surface area contributed by atoms with Crippen LogP contribution < -0.4 is 0 Å². The van der Waals surface area contributed by atoms with Crippen LogP contribution in [0.15, 0.2) is 28.7 Å². The predicted octanol–water partition coefficient (Wildman–Crippen LogP) is 2.81. The SMILES string of the molecule is Cc1c(Br)cc(C(=O)c2ccc(O)c(O)c2)c(O)c1O. The smallest absolute Gasteiger partial charge is 0.197 e. The van der Waals surface area contributed by atoms with E-state index in [0.717, 1.165) is 6.07 Å². The topological polar surface area (TPSA) is 98.0 Å². The van der Waals surface area contributed by atoms with Crippen molar-refractivity contribution in [3.05, 3.63) is 45.4 Å². The number of carbonyl (C=O) groups is 1. The van der Waals surface area contributed by atoms with Crippen molar-refractivity contribution in [1.82, 2.24) is 0 Å². The van der Waals surface area contributed by atoms with Gasteiger partial charge in [0.25, 0.3) is 0 Å². The van der Waals surface area contributed by atoms with Gasteiger partial charge in [0.1, 0.15) is 0 Å². The summed E-state index contributed by atoms with van der Waals surface area (Å²) in [5, 5.41) is 38.2. The fourth-order valence-electron chi connectivity index (χ4n) is 1.71. The summed E-state index contributed by atoms with van der Waals surface area (Å²) in [6.45, 7) is 1.58. The van der Waals surface area contributed by atoms with Gasteiger partial charge in [-0.05, 0) is 31.2 Å². The van der Waals surface area contributed by atoms with E-state index in [2.05, 4.69) is 15.9 Å². The van der Waals surface area contributed by atoms with Crippen LogP contribution in [0, 0.1) is 6.92 Å². The summed E-state index contributed by atoms with van der Waals surface area (Å²) in [4.78, 5) is 12.3. The Hall–Kier alpha value is -2.21. The molecule has 2 aromatic carbocycles. The van der Waals surface area contributed by atoms with Crippen molar-refractivity contribution in [2.45, 2.75) is 6.92 Å². The molecule has 2 aromatic rings. The van der Waals surface area contributed by atoms with Crippen molar-refractivity contribution in [2.24, 2.45) is 0 Å². The van der Waals surface area contributed by atoms with Gasteiger partial charge in [0.2, 0.25) is 0 Å². The minimum atomic E-state index is -0.589. The standard InChI is InChI=1S/C14H11BrO5/c1-6-9(15)5-8(14(20)12(6)18)13(19)7-2-3-10(16)11(17)4-7/h2-5,16-18,20H,1H3. The molecule has 0 spiro atoms. The van der Waals surface area contributed by atoms with E-state index in [9.17, 15) is 25.2 Å². The van der Waals surface area contributed by atoms with Gasteiger partial charge in [0.15, 0.2) is 28.8 Å². The highest BCUT2D eigenvalue weighted by atomic mass is 79.9. The van der Waals surface area contributed by atoms with Crippen molar-refractivity contribution >= 4 is 21.7 Å². The largest absolute Gasteiger partial charge is 0.504 e. The fourth-order valence-corrected chi connectivity index (χ4v) is 2.13. The van der Waals surface area contributed by atoms with Crippen LogP contribution in [0.5, 0.6) is 23.0 Å². The van der Waals surface area contributed by atoms with E-state index >= 15 is 0 Å². The van der Waals surface area contributed by atoms with E-state index in [0.29, 0.717) is 10.0 Å². The molecule has 0 unspecified atom stereocenters. The Bertz CT molecular complexity index is 709. The van der Waals surface area contributed by atoms with Crippen LogP contribution in [0.1, 0.15) is 21.5 Å². The summed E-state index contributed by atoms with van der Waals surface area (Å²) in [5.74, 6) is -2.28. The van der Waals surface area contributed by atoms with Gasteiger partial charge in [0, 0.05) is 15.6 Å². The summed E-state index contributed by atoms with van der Waals surface area (Å²) in [6.07, 6.45) is 0. The molecule has 0 aliphatic carbocycles. The first-order valence-corrected chi connectivity index (χ1v) is 6.40. The Kier molecular flexibility index (Phi) is 3.59. The minimum absolute atomic E-state index is 0.0748. The summed E-state index contributed by atoms with van der Waals surface area (Å²) >= 11 is 3.19. The molecule has 0 heterocycles. The van der Waals surface area contributed by atoms with Crippen molar-refractivity contribution in [1.29, 1.82) is 0 Å². The van der Waals surface area contributed by atoms with Crippen LogP contribution >= 0.6 is 15.9 Å². The first kappa shape index (κ1) is 14.2. The van der Waals surface area contributed by atoms with Crippen LogP contribution in [-0.2, 0) is 0 Å². The third-order valence-electron chi connectivity index (χ3n) is 2.95. The highest BCUT2D eigenvalue weighted by molar-refractivity contribution is 9.10. The summed E-state index contributed by atoms with van der Waals surface area (Å²) in [7, 11) is 0.